The summed E-state index contributed by atoms with van der Waals surface area (Å²) >= 11 is 5.91. The number of hydrogen-bond donors (Lipinski definition) is 1. The molecule has 4 nitrogen and oxygen atoms in total. The van der Waals surface area contributed by atoms with Gasteiger partial charge in [0.05, 0.1) is 0 Å². The van der Waals surface area contributed by atoms with Crippen LogP contribution in [0.5, 0.6) is 11.8 Å². The molecule has 0 aliphatic carbocycles. The van der Waals surface area contributed by atoms with Crippen molar-refractivity contribution in [2.45, 2.75) is 13.3 Å². The molecular formula is C13H14ClN3O. The van der Waals surface area contributed by atoms with Gasteiger partial charge in [0.1, 0.15) is 5.75 Å². The number of aryl methyl sites for hydroxylation is 1. The van der Waals surface area contributed by atoms with E-state index in [1.807, 2.05) is 19.1 Å². The molecular weight excluding hydrogens is 250 g/mol. The monoisotopic (exact) mass is 263 g/mol. The van der Waals surface area contributed by atoms with Crippen LogP contribution in [0.3, 0.4) is 0 Å². The molecule has 2 rings (SSSR count). The van der Waals surface area contributed by atoms with Crippen molar-refractivity contribution in [3.8, 4) is 11.8 Å². The third-order valence-corrected chi connectivity index (χ3v) is 2.70. The Morgan fingerprint density at radius 1 is 1.28 bits per heavy atom. The van der Waals surface area contributed by atoms with Gasteiger partial charge in [0, 0.05) is 17.4 Å². The van der Waals surface area contributed by atoms with Gasteiger partial charge in [-0.25, -0.2) is 9.97 Å². The molecule has 2 aromatic rings. The highest BCUT2D eigenvalue weighted by molar-refractivity contribution is 6.30. The Hall–Kier alpha value is -1.65. The van der Waals surface area contributed by atoms with Crippen molar-refractivity contribution >= 4 is 11.6 Å². The molecule has 0 bridgehead atoms. The average molecular weight is 264 g/mol. The van der Waals surface area contributed by atoms with Crippen molar-refractivity contribution in [2.75, 3.05) is 6.54 Å². The maximum atomic E-state index is 5.91. The van der Waals surface area contributed by atoms with Crippen molar-refractivity contribution in [3.05, 3.63) is 46.7 Å². The van der Waals surface area contributed by atoms with E-state index in [2.05, 4.69) is 9.97 Å². The van der Waals surface area contributed by atoms with E-state index in [9.17, 15) is 0 Å². The summed E-state index contributed by atoms with van der Waals surface area (Å²) in [6, 6.07) is 5.75. The predicted molar refractivity (Wildman–Crippen MR) is 71.1 cm³/mol. The minimum absolute atomic E-state index is 0.307. The largest absolute Gasteiger partial charge is 0.424 e. The lowest BCUT2D eigenvalue weighted by Gasteiger charge is -2.07. The fourth-order valence-electron chi connectivity index (χ4n) is 1.47. The summed E-state index contributed by atoms with van der Waals surface area (Å²) in [5.74, 6) is 0.661. The lowest BCUT2D eigenvalue weighted by Crippen LogP contribution is -2.03. The summed E-state index contributed by atoms with van der Waals surface area (Å²) < 4.78 is 5.59. The maximum absolute atomic E-state index is 5.91. The highest BCUT2D eigenvalue weighted by Gasteiger charge is 2.04. The Morgan fingerprint density at radius 2 is 2.00 bits per heavy atom. The Labute approximate surface area is 111 Å². The maximum Gasteiger partial charge on any atom is 0.321 e. The third-order valence-electron chi connectivity index (χ3n) is 2.47. The SMILES string of the molecule is Cc1ccc(Cl)cc1Oc1ncc(CCN)cn1. The number of rotatable bonds is 4. The van der Waals surface area contributed by atoms with Crippen molar-refractivity contribution in [3.63, 3.8) is 0 Å². The topological polar surface area (TPSA) is 61.0 Å². The van der Waals surface area contributed by atoms with Crippen LogP contribution in [0.2, 0.25) is 5.02 Å². The van der Waals surface area contributed by atoms with Crippen molar-refractivity contribution < 1.29 is 4.74 Å². The molecule has 0 spiro atoms. The fourth-order valence-corrected chi connectivity index (χ4v) is 1.64. The van der Waals surface area contributed by atoms with E-state index in [4.69, 9.17) is 22.1 Å². The van der Waals surface area contributed by atoms with Crippen LogP contribution in [0, 0.1) is 6.92 Å². The van der Waals surface area contributed by atoms with Crippen LogP contribution in [-0.2, 0) is 6.42 Å². The first-order valence-corrected chi connectivity index (χ1v) is 6.02. The van der Waals surface area contributed by atoms with Crippen molar-refractivity contribution in [1.82, 2.24) is 9.97 Å². The Kier molecular flexibility index (Phi) is 4.12. The number of ether oxygens (including phenoxy) is 1. The molecule has 1 heterocycles. The van der Waals surface area contributed by atoms with E-state index in [0.717, 1.165) is 17.5 Å². The quantitative estimate of drug-likeness (QED) is 0.921. The lowest BCUT2D eigenvalue weighted by atomic mass is 10.2. The number of benzene rings is 1. The first-order valence-electron chi connectivity index (χ1n) is 5.64. The second-order valence-electron chi connectivity index (χ2n) is 3.92. The van der Waals surface area contributed by atoms with Gasteiger partial charge in [0.15, 0.2) is 0 Å². The minimum atomic E-state index is 0.307. The molecule has 18 heavy (non-hydrogen) atoms. The predicted octanol–water partition coefficient (Wildman–Crippen LogP) is 2.73. The number of nitrogens with two attached hydrogens (primary N) is 1. The van der Waals surface area contributed by atoms with E-state index >= 15 is 0 Å². The molecule has 0 saturated heterocycles. The number of aromatic nitrogens is 2. The van der Waals surface area contributed by atoms with Crippen LogP contribution < -0.4 is 10.5 Å². The minimum Gasteiger partial charge on any atom is -0.424 e. The summed E-state index contributed by atoms with van der Waals surface area (Å²) in [7, 11) is 0. The Morgan fingerprint density at radius 3 is 2.67 bits per heavy atom. The van der Waals surface area contributed by atoms with E-state index in [0.29, 0.717) is 23.3 Å². The van der Waals surface area contributed by atoms with Gasteiger partial charge in [-0.3, -0.25) is 0 Å². The molecule has 5 heteroatoms. The smallest absolute Gasteiger partial charge is 0.321 e. The first-order chi connectivity index (χ1) is 8.69. The standard InChI is InChI=1S/C13H14ClN3O/c1-9-2-3-11(14)6-12(9)18-13-16-7-10(4-5-15)8-17-13/h2-3,6-8H,4-5,15H2,1H3. The van der Waals surface area contributed by atoms with Crippen LogP contribution in [0.25, 0.3) is 0 Å². The summed E-state index contributed by atoms with van der Waals surface area (Å²) in [4.78, 5) is 8.26. The van der Waals surface area contributed by atoms with Gasteiger partial charge in [-0.1, -0.05) is 17.7 Å². The average Bonchev–Trinajstić information content (AvgIpc) is 2.37. The summed E-state index contributed by atoms with van der Waals surface area (Å²) in [5, 5.41) is 0.621. The molecule has 0 unspecified atom stereocenters. The summed E-state index contributed by atoms with van der Waals surface area (Å²) in [6.07, 6.45) is 4.20. The van der Waals surface area contributed by atoms with Gasteiger partial charge in [-0.15, -0.1) is 0 Å². The van der Waals surface area contributed by atoms with E-state index in [-0.39, 0.29) is 0 Å². The number of hydrogen-bond acceptors (Lipinski definition) is 4. The van der Waals surface area contributed by atoms with Crippen molar-refractivity contribution in [1.29, 1.82) is 0 Å². The van der Waals surface area contributed by atoms with Crippen LogP contribution in [0.4, 0.5) is 0 Å². The highest BCUT2D eigenvalue weighted by atomic mass is 35.5. The second-order valence-corrected chi connectivity index (χ2v) is 4.36. The van der Waals surface area contributed by atoms with Gasteiger partial charge >= 0.3 is 6.01 Å². The van der Waals surface area contributed by atoms with E-state index in [1.165, 1.54) is 0 Å². The Bertz CT molecular complexity index is 528. The van der Waals surface area contributed by atoms with Gasteiger partial charge in [-0.2, -0.15) is 0 Å². The zero-order valence-corrected chi connectivity index (χ0v) is 10.8. The van der Waals surface area contributed by atoms with Gasteiger partial charge in [-0.05, 0) is 43.1 Å². The number of nitrogens with zero attached hydrogens (tertiary/aromatic N) is 2. The first kappa shape index (κ1) is 12.8. The molecule has 94 valence electrons. The molecule has 1 aromatic heterocycles. The fraction of sp³-hybridized carbons (Fsp3) is 0.231. The molecule has 0 radical (unpaired) electrons. The summed E-state index contributed by atoms with van der Waals surface area (Å²) in [6.45, 7) is 2.52. The third kappa shape index (κ3) is 3.18. The number of halogens is 1. The second kappa shape index (κ2) is 5.80. The molecule has 0 amide bonds. The molecule has 0 aliphatic heterocycles. The zero-order chi connectivity index (χ0) is 13.0. The van der Waals surface area contributed by atoms with E-state index < -0.39 is 0 Å². The van der Waals surface area contributed by atoms with Crippen LogP contribution >= 0.6 is 11.6 Å². The highest BCUT2D eigenvalue weighted by Crippen LogP contribution is 2.25. The molecule has 1 aromatic carbocycles. The zero-order valence-electron chi connectivity index (χ0n) is 10.1. The van der Waals surface area contributed by atoms with Gasteiger partial charge in [0.2, 0.25) is 0 Å². The molecule has 2 N–H and O–H groups in total. The van der Waals surface area contributed by atoms with Crippen LogP contribution in [0.15, 0.2) is 30.6 Å². The molecule has 0 saturated carbocycles. The van der Waals surface area contributed by atoms with Gasteiger partial charge in [0.25, 0.3) is 0 Å². The molecule has 0 atom stereocenters. The van der Waals surface area contributed by atoms with E-state index in [1.54, 1.807) is 18.5 Å². The van der Waals surface area contributed by atoms with Crippen molar-refractivity contribution in [2.24, 2.45) is 5.73 Å². The molecule has 0 fully saturated rings. The Balaban J connectivity index is 2.15. The molecule has 0 aliphatic rings. The van der Waals surface area contributed by atoms with Crippen LogP contribution in [0.1, 0.15) is 11.1 Å². The van der Waals surface area contributed by atoms with Crippen LogP contribution in [-0.4, -0.2) is 16.5 Å². The van der Waals surface area contributed by atoms with Gasteiger partial charge < -0.3 is 10.5 Å². The lowest BCUT2D eigenvalue weighted by molar-refractivity contribution is 0.438. The normalized spacial score (nSPS) is 10.4. The summed E-state index contributed by atoms with van der Waals surface area (Å²) in [5.41, 5.74) is 7.43.